The Morgan fingerprint density at radius 3 is 2.16 bits per heavy atom. The van der Waals surface area contributed by atoms with E-state index in [2.05, 4.69) is 5.32 Å². The van der Waals surface area contributed by atoms with Crippen LogP contribution in [0, 0.1) is 0 Å². The molecule has 0 aliphatic rings. The van der Waals surface area contributed by atoms with Gasteiger partial charge in [-0.1, -0.05) is 0 Å². The van der Waals surface area contributed by atoms with Crippen LogP contribution in [0.4, 0.5) is 4.79 Å². The highest BCUT2D eigenvalue weighted by atomic mass is 16.6. The third-order valence-electron chi connectivity index (χ3n) is 3.56. The topological polar surface area (TPSA) is 103 Å². The quantitative estimate of drug-likeness (QED) is 0.565. The second-order valence-electron chi connectivity index (χ2n) is 9.46. The van der Waals surface area contributed by atoms with Crippen LogP contribution in [0.25, 0.3) is 0 Å². The maximum Gasteiger partial charge on any atom is 0.407 e. The Morgan fingerprint density at radius 2 is 1.65 bits per heavy atom. The predicted octanol–water partition coefficient (Wildman–Crippen LogP) is 3.75. The predicted molar refractivity (Wildman–Crippen MR) is 117 cm³/mol. The number of hydrogen-bond donors (Lipinski definition) is 2. The molecule has 0 atom stereocenters. The molecule has 0 spiro atoms. The molecule has 1 aromatic carbocycles. The van der Waals surface area contributed by atoms with E-state index in [9.17, 15) is 14.7 Å². The molecule has 1 rings (SSSR count). The van der Waals surface area contributed by atoms with E-state index in [4.69, 9.17) is 18.9 Å². The van der Waals surface area contributed by atoms with Gasteiger partial charge in [-0.2, -0.15) is 0 Å². The number of benzene rings is 1. The molecule has 0 bridgehead atoms. The van der Waals surface area contributed by atoms with Gasteiger partial charge >= 0.3 is 12.1 Å². The van der Waals surface area contributed by atoms with Crippen LogP contribution in [0.1, 0.15) is 66.5 Å². The fourth-order valence-electron chi connectivity index (χ4n) is 2.62. The number of amides is 1. The van der Waals surface area contributed by atoms with E-state index in [-0.39, 0.29) is 19.3 Å². The third-order valence-corrected chi connectivity index (χ3v) is 3.56. The van der Waals surface area contributed by atoms with Crippen molar-refractivity contribution in [1.82, 2.24) is 5.32 Å². The fraction of sp³-hybridized carbons (Fsp3) is 0.652. The van der Waals surface area contributed by atoms with Gasteiger partial charge in [0.2, 0.25) is 0 Å². The first-order valence-electron chi connectivity index (χ1n) is 10.4. The third kappa shape index (κ3) is 10.9. The first-order chi connectivity index (χ1) is 14.2. The summed E-state index contributed by atoms with van der Waals surface area (Å²) >= 11 is 0. The Labute approximate surface area is 185 Å². The van der Waals surface area contributed by atoms with Gasteiger partial charge in [0.25, 0.3) is 0 Å². The SMILES string of the molecule is CC(C)Oc1cc(CCNC(=O)OC(C)(C)C)cc(CO)c1OCC(=O)OC(C)(C)C. The summed E-state index contributed by atoms with van der Waals surface area (Å²) in [6.45, 7) is 14.2. The van der Waals surface area contributed by atoms with E-state index in [1.807, 2.05) is 13.8 Å². The van der Waals surface area contributed by atoms with E-state index < -0.39 is 23.3 Å². The monoisotopic (exact) mass is 439 g/mol. The Kier molecular flexibility index (Phi) is 9.62. The van der Waals surface area contributed by atoms with Gasteiger partial charge < -0.3 is 29.4 Å². The molecule has 0 aliphatic heterocycles. The van der Waals surface area contributed by atoms with Gasteiger partial charge in [-0.25, -0.2) is 9.59 Å². The van der Waals surface area contributed by atoms with Crippen molar-refractivity contribution in [3.05, 3.63) is 23.3 Å². The van der Waals surface area contributed by atoms with Crippen LogP contribution in [-0.2, 0) is 27.3 Å². The van der Waals surface area contributed by atoms with Crippen molar-refractivity contribution in [3.63, 3.8) is 0 Å². The number of rotatable bonds is 9. The number of aliphatic hydroxyl groups is 1. The normalized spacial score (nSPS) is 11.8. The van der Waals surface area contributed by atoms with Gasteiger partial charge in [0.1, 0.15) is 11.2 Å². The van der Waals surface area contributed by atoms with Crippen molar-refractivity contribution in [3.8, 4) is 11.5 Å². The zero-order valence-electron chi connectivity index (χ0n) is 20.0. The smallest absolute Gasteiger partial charge is 0.407 e. The Morgan fingerprint density at radius 1 is 1.03 bits per heavy atom. The minimum absolute atomic E-state index is 0.148. The summed E-state index contributed by atoms with van der Waals surface area (Å²) in [5.41, 5.74) is 0.122. The zero-order valence-corrected chi connectivity index (χ0v) is 20.0. The highest BCUT2D eigenvalue weighted by Crippen LogP contribution is 2.34. The molecule has 8 heteroatoms. The number of ether oxygens (including phenoxy) is 4. The Balaban J connectivity index is 2.94. The maximum atomic E-state index is 12.0. The summed E-state index contributed by atoms with van der Waals surface area (Å²) in [6.07, 6.45) is -0.149. The molecule has 0 fully saturated rings. The van der Waals surface area contributed by atoms with E-state index >= 15 is 0 Å². The van der Waals surface area contributed by atoms with E-state index in [1.165, 1.54) is 0 Å². The Bertz CT molecular complexity index is 746. The largest absolute Gasteiger partial charge is 0.487 e. The van der Waals surface area contributed by atoms with Crippen molar-refractivity contribution in [2.75, 3.05) is 13.2 Å². The molecule has 8 nitrogen and oxygen atoms in total. The molecular formula is C23H37NO7. The minimum Gasteiger partial charge on any atom is -0.487 e. The summed E-state index contributed by atoms with van der Waals surface area (Å²) in [7, 11) is 0. The van der Waals surface area contributed by atoms with Gasteiger partial charge in [0.05, 0.1) is 12.7 Å². The highest BCUT2D eigenvalue weighted by Gasteiger charge is 2.20. The molecule has 176 valence electrons. The average Bonchev–Trinajstić information content (AvgIpc) is 2.56. The highest BCUT2D eigenvalue weighted by molar-refractivity contribution is 5.72. The minimum atomic E-state index is -0.623. The van der Waals surface area contributed by atoms with Crippen molar-refractivity contribution in [2.45, 2.75) is 85.7 Å². The van der Waals surface area contributed by atoms with Crippen LogP contribution in [0.5, 0.6) is 11.5 Å². The maximum absolute atomic E-state index is 12.0. The lowest BCUT2D eigenvalue weighted by Gasteiger charge is -2.22. The molecule has 0 aromatic heterocycles. The van der Waals surface area contributed by atoms with Crippen molar-refractivity contribution in [1.29, 1.82) is 0 Å². The molecule has 0 heterocycles. The Hall–Kier alpha value is -2.48. The van der Waals surface area contributed by atoms with Crippen LogP contribution in [0.15, 0.2) is 12.1 Å². The van der Waals surface area contributed by atoms with Crippen molar-refractivity contribution >= 4 is 12.1 Å². The van der Waals surface area contributed by atoms with Gasteiger partial charge in [-0.05, 0) is 79.5 Å². The lowest BCUT2D eigenvalue weighted by atomic mass is 10.1. The van der Waals surface area contributed by atoms with Crippen LogP contribution < -0.4 is 14.8 Å². The molecule has 0 saturated carbocycles. The molecule has 0 radical (unpaired) electrons. The molecule has 1 aromatic rings. The number of aliphatic hydroxyl groups excluding tert-OH is 1. The van der Waals surface area contributed by atoms with Crippen LogP contribution in [-0.4, -0.2) is 47.6 Å². The van der Waals surface area contributed by atoms with Crippen molar-refractivity contribution in [2.24, 2.45) is 0 Å². The number of nitrogens with one attached hydrogen (secondary N) is 1. The van der Waals surface area contributed by atoms with Crippen LogP contribution in [0.2, 0.25) is 0 Å². The van der Waals surface area contributed by atoms with Gasteiger partial charge in [-0.3, -0.25) is 0 Å². The number of alkyl carbamates (subject to hydrolysis) is 1. The van der Waals surface area contributed by atoms with Gasteiger partial charge in [0.15, 0.2) is 18.1 Å². The zero-order chi connectivity index (χ0) is 23.8. The molecular weight excluding hydrogens is 402 g/mol. The first kappa shape index (κ1) is 26.6. The molecule has 0 unspecified atom stereocenters. The molecule has 2 N–H and O–H groups in total. The molecule has 0 aliphatic carbocycles. The molecule has 1 amide bonds. The number of carbonyl (C=O) groups is 2. The molecule has 31 heavy (non-hydrogen) atoms. The number of carbonyl (C=O) groups excluding carboxylic acids is 2. The number of esters is 1. The van der Waals surface area contributed by atoms with Crippen LogP contribution >= 0.6 is 0 Å². The van der Waals surface area contributed by atoms with E-state index in [0.29, 0.717) is 30.0 Å². The standard InChI is InChI=1S/C23H37NO7/c1-15(2)29-18-12-16(9-10-24-21(27)31-23(6,7)8)11-17(13-25)20(18)28-14-19(26)30-22(3,4)5/h11-12,15,25H,9-10,13-14H2,1-8H3,(H,24,27). The van der Waals surface area contributed by atoms with E-state index in [1.54, 1.807) is 53.7 Å². The van der Waals surface area contributed by atoms with E-state index in [0.717, 1.165) is 5.56 Å². The summed E-state index contributed by atoms with van der Waals surface area (Å²) in [4.78, 5) is 23.9. The van der Waals surface area contributed by atoms with Crippen molar-refractivity contribution < 1.29 is 33.6 Å². The second kappa shape index (κ2) is 11.2. The van der Waals surface area contributed by atoms with Crippen LogP contribution in [0.3, 0.4) is 0 Å². The summed E-state index contributed by atoms with van der Waals surface area (Å²) in [5.74, 6) is 0.195. The summed E-state index contributed by atoms with van der Waals surface area (Å²) < 4.78 is 22.0. The molecule has 0 saturated heterocycles. The lowest BCUT2D eigenvalue weighted by molar-refractivity contribution is -0.157. The number of hydrogen-bond acceptors (Lipinski definition) is 7. The average molecular weight is 440 g/mol. The first-order valence-corrected chi connectivity index (χ1v) is 10.4. The second-order valence-corrected chi connectivity index (χ2v) is 9.46. The summed E-state index contributed by atoms with van der Waals surface area (Å²) in [5, 5.41) is 12.6. The van der Waals surface area contributed by atoms with Gasteiger partial charge in [-0.15, -0.1) is 0 Å². The summed E-state index contributed by atoms with van der Waals surface area (Å²) in [6, 6.07) is 3.54. The lowest BCUT2D eigenvalue weighted by Crippen LogP contribution is -2.33. The fourth-order valence-corrected chi connectivity index (χ4v) is 2.62. The van der Waals surface area contributed by atoms with Gasteiger partial charge in [0, 0.05) is 12.1 Å².